The summed E-state index contributed by atoms with van der Waals surface area (Å²) in [5.74, 6) is -2.04. The van der Waals surface area contributed by atoms with E-state index in [1.807, 2.05) is 18.2 Å². The second-order valence-corrected chi connectivity index (χ2v) is 6.13. The van der Waals surface area contributed by atoms with Crippen LogP contribution >= 0.6 is 0 Å². The van der Waals surface area contributed by atoms with E-state index in [0.717, 1.165) is 11.1 Å². The lowest BCUT2D eigenvalue weighted by Crippen LogP contribution is -2.35. The maximum Gasteiger partial charge on any atom is 0.322 e. The van der Waals surface area contributed by atoms with Crippen LogP contribution in [0.1, 0.15) is 10.4 Å². The predicted octanol–water partition coefficient (Wildman–Crippen LogP) is 1.73. The number of carbonyl (C=O) groups is 2. The van der Waals surface area contributed by atoms with Gasteiger partial charge in [-0.2, -0.15) is 0 Å². The Balaban J connectivity index is 2.18. The van der Waals surface area contributed by atoms with E-state index in [1.54, 1.807) is 31.4 Å². The van der Waals surface area contributed by atoms with Crippen LogP contribution in [0.2, 0.25) is 0 Å². The summed E-state index contributed by atoms with van der Waals surface area (Å²) in [6.45, 7) is -0.663. The summed E-state index contributed by atoms with van der Waals surface area (Å²) in [6.07, 6.45) is 0. The molecule has 144 valence electrons. The number of benzene rings is 2. The molecular formula is C20H18N2O6. The molecule has 3 rings (SSSR count). The van der Waals surface area contributed by atoms with Crippen molar-refractivity contribution in [2.45, 2.75) is 0 Å². The van der Waals surface area contributed by atoms with Crippen molar-refractivity contribution in [3.8, 4) is 22.6 Å². The number of aromatic nitrogens is 1. The van der Waals surface area contributed by atoms with E-state index < -0.39 is 35.3 Å². The predicted molar refractivity (Wildman–Crippen MR) is 103 cm³/mol. The van der Waals surface area contributed by atoms with Gasteiger partial charge >= 0.3 is 5.97 Å². The normalized spacial score (nSPS) is 10.6. The minimum atomic E-state index is -1.26. The summed E-state index contributed by atoms with van der Waals surface area (Å²) < 4.78 is 6.46. The van der Waals surface area contributed by atoms with Gasteiger partial charge in [-0.3, -0.25) is 14.4 Å². The number of carboxylic acids is 1. The number of aryl methyl sites for hydroxylation is 1. The number of ether oxygens (including phenoxy) is 1. The minimum absolute atomic E-state index is 0.294. The van der Waals surface area contributed by atoms with Gasteiger partial charge in [0, 0.05) is 12.4 Å². The number of amides is 1. The third-order valence-corrected chi connectivity index (χ3v) is 4.40. The Morgan fingerprint density at radius 1 is 1.14 bits per heavy atom. The highest BCUT2D eigenvalue weighted by Crippen LogP contribution is 2.31. The number of carbonyl (C=O) groups excluding carboxylic acids is 1. The summed E-state index contributed by atoms with van der Waals surface area (Å²) in [6, 6.07) is 12.4. The molecule has 0 spiro atoms. The molecule has 1 aromatic heterocycles. The first-order chi connectivity index (χ1) is 13.3. The Bertz CT molecular complexity index is 1150. The molecule has 3 N–H and O–H groups in total. The number of hydrogen-bond acceptors (Lipinski definition) is 5. The van der Waals surface area contributed by atoms with Gasteiger partial charge in [-0.25, -0.2) is 0 Å². The fourth-order valence-corrected chi connectivity index (χ4v) is 2.96. The minimum Gasteiger partial charge on any atom is -0.506 e. The number of pyridine rings is 1. The Labute approximate surface area is 159 Å². The quantitative estimate of drug-likeness (QED) is 0.619. The molecule has 28 heavy (non-hydrogen) atoms. The molecule has 8 heteroatoms. The lowest BCUT2D eigenvalue weighted by Gasteiger charge is -2.13. The third kappa shape index (κ3) is 3.39. The molecule has 1 heterocycles. The summed E-state index contributed by atoms with van der Waals surface area (Å²) in [4.78, 5) is 35.4. The van der Waals surface area contributed by atoms with Crippen molar-refractivity contribution in [2.24, 2.45) is 7.05 Å². The highest BCUT2D eigenvalue weighted by Gasteiger charge is 2.22. The van der Waals surface area contributed by atoms with Gasteiger partial charge in [0.25, 0.3) is 11.5 Å². The highest BCUT2D eigenvalue weighted by atomic mass is 16.5. The molecule has 0 fully saturated rings. The van der Waals surface area contributed by atoms with Crippen molar-refractivity contribution in [3.63, 3.8) is 0 Å². The average molecular weight is 382 g/mol. The second kappa shape index (κ2) is 7.43. The Hall–Kier alpha value is -3.81. The van der Waals surface area contributed by atoms with E-state index in [9.17, 15) is 19.5 Å². The number of hydrogen-bond donors (Lipinski definition) is 3. The van der Waals surface area contributed by atoms with E-state index in [4.69, 9.17) is 9.84 Å². The fraction of sp³-hybridized carbons (Fsp3) is 0.150. The fourth-order valence-electron chi connectivity index (χ4n) is 2.96. The van der Waals surface area contributed by atoms with E-state index in [-0.39, 0.29) is 0 Å². The molecule has 0 aliphatic carbocycles. The number of aromatic hydroxyl groups is 1. The van der Waals surface area contributed by atoms with E-state index in [0.29, 0.717) is 16.7 Å². The van der Waals surface area contributed by atoms with Crippen LogP contribution in [0.4, 0.5) is 0 Å². The molecule has 2 aromatic carbocycles. The van der Waals surface area contributed by atoms with Crippen molar-refractivity contribution in [1.29, 1.82) is 0 Å². The van der Waals surface area contributed by atoms with E-state index in [1.165, 1.54) is 11.6 Å². The smallest absolute Gasteiger partial charge is 0.322 e. The Morgan fingerprint density at radius 3 is 2.54 bits per heavy atom. The van der Waals surface area contributed by atoms with E-state index >= 15 is 0 Å². The van der Waals surface area contributed by atoms with Gasteiger partial charge in [0.1, 0.15) is 23.6 Å². The van der Waals surface area contributed by atoms with Crippen molar-refractivity contribution in [2.75, 3.05) is 13.7 Å². The van der Waals surface area contributed by atoms with Crippen molar-refractivity contribution < 1.29 is 24.5 Å². The van der Waals surface area contributed by atoms with Crippen LogP contribution in [0.3, 0.4) is 0 Å². The lowest BCUT2D eigenvalue weighted by molar-refractivity contribution is -0.135. The van der Waals surface area contributed by atoms with E-state index in [2.05, 4.69) is 5.32 Å². The lowest BCUT2D eigenvalue weighted by atomic mass is 10.0. The van der Waals surface area contributed by atoms with Crippen LogP contribution in [0.25, 0.3) is 22.0 Å². The largest absolute Gasteiger partial charge is 0.506 e. The maximum absolute atomic E-state index is 12.5. The van der Waals surface area contributed by atoms with Crippen LogP contribution in [-0.4, -0.2) is 40.3 Å². The monoisotopic (exact) mass is 382 g/mol. The zero-order valence-corrected chi connectivity index (χ0v) is 15.2. The molecule has 3 aromatic rings. The summed E-state index contributed by atoms with van der Waals surface area (Å²) in [7, 11) is 3.03. The average Bonchev–Trinajstić information content (AvgIpc) is 2.70. The standard InChI is InChI=1S/C20H18N2O6/c1-22-15-7-6-12(11-4-3-5-13(8-11)28-2)9-14(15)18(25)17(20(22)27)19(26)21-10-16(23)24/h3-9,25H,10H2,1-2H3,(H,21,26)(H,23,24). The Morgan fingerprint density at radius 2 is 1.86 bits per heavy atom. The molecule has 0 saturated heterocycles. The van der Waals surface area contributed by atoms with Gasteiger partial charge in [0.2, 0.25) is 0 Å². The number of methoxy groups -OCH3 is 1. The summed E-state index contributed by atoms with van der Waals surface area (Å²) in [5, 5.41) is 21.7. The first kappa shape index (κ1) is 19.0. The molecule has 0 radical (unpaired) electrons. The number of rotatable bonds is 5. The first-order valence-electron chi connectivity index (χ1n) is 8.33. The van der Waals surface area contributed by atoms with Crippen LogP contribution in [-0.2, 0) is 11.8 Å². The zero-order chi connectivity index (χ0) is 20.4. The van der Waals surface area contributed by atoms with Crippen molar-refractivity contribution >= 4 is 22.8 Å². The third-order valence-electron chi connectivity index (χ3n) is 4.40. The summed E-state index contributed by atoms with van der Waals surface area (Å²) >= 11 is 0. The van der Waals surface area contributed by atoms with Gasteiger partial charge < -0.3 is 24.8 Å². The molecule has 1 amide bonds. The number of nitrogens with one attached hydrogen (secondary N) is 1. The summed E-state index contributed by atoms with van der Waals surface area (Å²) in [5.41, 5.74) is 0.786. The van der Waals surface area contributed by atoms with Gasteiger partial charge in [-0.05, 0) is 35.4 Å². The zero-order valence-electron chi connectivity index (χ0n) is 15.2. The highest BCUT2D eigenvalue weighted by molar-refractivity contribution is 6.03. The van der Waals surface area contributed by atoms with Crippen molar-refractivity contribution in [3.05, 3.63) is 58.4 Å². The van der Waals surface area contributed by atoms with Crippen LogP contribution in [0.5, 0.6) is 11.5 Å². The van der Waals surface area contributed by atoms with Crippen LogP contribution in [0, 0.1) is 0 Å². The SMILES string of the molecule is COc1cccc(-c2ccc3c(c2)c(O)c(C(=O)NCC(=O)O)c(=O)n3C)c1. The van der Waals surface area contributed by atoms with Crippen LogP contribution < -0.4 is 15.6 Å². The molecule has 0 bridgehead atoms. The molecule has 0 aliphatic heterocycles. The maximum atomic E-state index is 12.5. The number of nitrogens with zero attached hydrogens (tertiary/aromatic N) is 1. The molecule has 0 unspecified atom stereocenters. The molecular weight excluding hydrogens is 364 g/mol. The molecule has 8 nitrogen and oxygen atoms in total. The topological polar surface area (TPSA) is 118 Å². The number of aliphatic carboxylic acids is 1. The van der Waals surface area contributed by atoms with Gasteiger partial charge in [-0.15, -0.1) is 0 Å². The number of carboxylic acid groups (broad SMARTS) is 1. The number of fused-ring (bicyclic) bond motifs is 1. The van der Waals surface area contributed by atoms with Gasteiger partial charge in [0.15, 0.2) is 0 Å². The molecule has 0 atom stereocenters. The Kier molecular flexibility index (Phi) is 5.04. The second-order valence-electron chi connectivity index (χ2n) is 6.13. The molecule has 0 aliphatic rings. The van der Waals surface area contributed by atoms with Gasteiger partial charge in [0.05, 0.1) is 12.6 Å². The van der Waals surface area contributed by atoms with Gasteiger partial charge in [-0.1, -0.05) is 18.2 Å². The molecule has 0 saturated carbocycles. The van der Waals surface area contributed by atoms with Crippen molar-refractivity contribution in [1.82, 2.24) is 9.88 Å². The van der Waals surface area contributed by atoms with Crippen LogP contribution in [0.15, 0.2) is 47.3 Å². The first-order valence-corrected chi connectivity index (χ1v) is 8.33.